The summed E-state index contributed by atoms with van der Waals surface area (Å²) in [6, 6.07) is 14.2. The zero-order valence-corrected chi connectivity index (χ0v) is 22.6. The molecule has 0 unspecified atom stereocenters. The van der Waals surface area contributed by atoms with Gasteiger partial charge < -0.3 is 25.0 Å². The summed E-state index contributed by atoms with van der Waals surface area (Å²) in [5.74, 6) is 0.605. The summed E-state index contributed by atoms with van der Waals surface area (Å²) in [7, 11) is 2.08. The van der Waals surface area contributed by atoms with Crippen LogP contribution in [0.2, 0.25) is 5.02 Å². The average molecular weight is 547 g/mol. The highest BCUT2D eigenvalue weighted by atomic mass is 35.5. The Labute approximate surface area is 232 Å². The zero-order chi connectivity index (χ0) is 27.0. The molecule has 3 aliphatic heterocycles. The number of amides is 1. The van der Waals surface area contributed by atoms with Gasteiger partial charge in [-0.25, -0.2) is 9.94 Å². The number of benzene rings is 1. The molecule has 0 saturated carbocycles. The summed E-state index contributed by atoms with van der Waals surface area (Å²) in [6.45, 7) is 5.60. The Morgan fingerprint density at radius 2 is 1.95 bits per heavy atom. The lowest BCUT2D eigenvalue weighted by atomic mass is 9.71. The van der Waals surface area contributed by atoms with Crippen molar-refractivity contribution < 1.29 is 4.79 Å². The number of piperazine rings is 1. The molecule has 0 atom stereocenters. The van der Waals surface area contributed by atoms with Crippen LogP contribution in [0.1, 0.15) is 12.0 Å². The van der Waals surface area contributed by atoms with E-state index in [1.165, 1.54) is 0 Å². The number of pyridine rings is 1. The van der Waals surface area contributed by atoms with Crippen LogP contribution >= 0.6 is 11.6 Å². The molecular formula is C27H31ClN10O. The molecule has 6 rings (SSSR count). The topological polar surface area (TPSA) is 108 Å². The fourth-order valence-corrected chi connectivity index (χ4v) is 5.61. The molecule has 11 nitrogen and oxygen atoms in total. The summed E-state index contributed by atoms with van der Waals surface area (Å²) in [5.41, 5.74) is 6.73. The summed E-state index contributed by atoms with van der Waals surface area (Å²) < 4.78 is 1.77. The fourth-order valence-electron chi connectivity index (χ4n) is 5.49. The van der Waals surface area contributed by atoms with E-state index in [2.05, 4.69) is 38.8 Å². The van der Waals surface area contributed by atoms with Gasteiger partial charge in [0.05, 0.1) is 24.0 Å². The number of halogens is 1. The molecule has 202 valence electrons. The maximum atomic E-state index is 12.7. The third kappa shape index (κ3) is 5.11. The van der Waals surface area contributed by atoms with Crippen molar-refractivity contribution in [1.82, 2.24) is 34.8 Å². The van der Waals surface area contributed by atoms with Crippen molar-refractivity contribution in [3.05, 3.63) is 65.1 Å². The van der Waals surface area contributed by atoms with Crippen LogP contribution in [0.3, 0.4) is 0 Å². The largest absolute Gasteiger partial charge is 0.366 e. The molecule has 39 heavy (non-hydrogen) atoms. The molecule has 5 heterocycles. The first-order valence-corrected chi connectivity index (χ1v) is 13.5. The van der Waals surface area contributed by atoms with Crippen molar-refractivity contribution in [2.45, 2.75) is 11.8 Å². The summed E-state index contributed by atoms with van der Waals surface area (Å²) in [4.78, 5) is 23.9. The number of carbonyl (C=O) groups excluding carboxylic acids is 1. The normalized spacial score (nSPS) is 19.1. The van der Waals surface area contributed by atoms with Crippen LogP contribution in [0.4, 0.5) is 11.6 Å². The number of nitrogens with one attached hydrogen (secondary N) is 2. The first kappa shape index (κ1) is 25.4. The summed E-state index contributed by atoms with van der Waals surface area (Å²) >= 11 is 6.09. The molecule has 0 spiro atoms. The summed E-state index contributed by atoms with van der Waals surface area (Å²) in [5, 5.41) is 19.9. The number of fused-ring (bicyclic) bond motifs is 1. The molecule has 2 fully saturated rings. The number of likely N-dealkylation sites (N-methyl/N-ethyl adjacent to an activating group) is 1. The van der Waals surface area contributed by atoms with E-state index in [1.54, 1.807) is 4.52 Å². The van der Waals surface area contributed by atoms with Gasteiger partial charge in [0.1, 0.15) is 6.54 Å². The molecule has 0 bridgehead atoms. The predicted octanol–water partition coefficient (Wildman–Crippen LogP) is 1.90. The maximum absolute atomic E-state index is 12.7. The van der Waals surface area contributed by atoms with Crippen LogP contribution in [-0.2, 0) is 10.2 Å². The molecule has 3 aliphatic rings. The number of nitriles is 1. The summed E-state index contributed by atoms with van der Waals surface area (Å²) in [6.07, 6.45) is 4.21. The van der Waals surface area contributed by atoms with E-state index in [9.17, 15) is 10.1 Å². The first-order valence-electron chi connectivity index (χ1n) is 13.1. The van der Waals surface area contributed by atoms with Gasteiger partial charge in [0.25, 0.3) is 0 Å². The van der Waals surface area contributed by atoms with E-state index in [1.807, 2.05) is 58.7 Å². The first-order chi connectivity index (χ1) is 18.9. The highest BCUT2D eigenvalue weighted by Crippen LogP contribution is 2.41. The van der Waals surface area contributed by atoms with Gasteiger partial charge >= 0.3 is 0 Å². The minimum absolute atomic E-state index is 0.115. The Morgan fingerprint density at radius 3 is 2.69 bits per heavy atom. The second-order valence-corrected chi connectivity index (χ2v) is 10.9. The van der Waals surface area contributed by atoms with Crippen molar-refractivity contribution in [2.75, 3.05) is 69.6 Å². The van der Waals surface area contributed by atoms with Crippen LogP contribution in [0.15, 0.2) is 54.5 Å². The Morgan fingerprint density at radius 1 is 1.18 bits per heavy atom. The Balaban J connectivity index is 1.13. The molecule has 0 radical (unpaired) electrons. The molecule has 1 aromatic carbocycles. The van der Waals surface area contributed by atoms with Crippen LogP contribution < -0.4 is 15.6 Å². The number of aromatic nitrogens is 3. The fraction of sp³-hybridized carbons (Fsp3) is 0.407. The zero-order valence-electron chi connectivity index (χ0n) is 21.8. The van der Waals surface area contributed by atoms with Crippen molar-refractivity contribution in [2.24, 2.45) is 0 Å². The number of anilines is 2. The van der Waals surface area contributed by atoms with Gasteiger partial charge in [0.2, 0.25) is 11.9 Å². The molecular weight excluding hydrogens is 516 g/mol. The van der Waals surface area contributed by atoms with Crippen molar-refractivity contribution in [3.63, 3.8) is 0 Å². The molecule has 2 N–H and O–H groups in total. The standard InChI is InChI=1S/C27H31ClN10O/c1-34-11-13-35(14-12-34)24(39)17-37-16-22(15-30-37)31-26-32-25-23(3-2-10-38(25)33-26)36-18-27(19-36,8-9-29)20-4-6-21(28)7-5-20/h2-7,10,16,30H,8,11-15,17-19H2,1H3,(H,31,33). The third-order valence-corrected chi connectivity index (χ3v) is 8.01. The SMILES string of the molecule is CN1CCN(C(=O)CN2C=C(Nc3nc4c(N5CC(CC#N)(c6ccc(Cl)cc6)C5)cccn4n3)CN2)CC1. The van der Waals surface area contributed by atoms with Crippen LogP contribution in [0.25, 0.3) is 5.65 Å². The lowest BCUT2D eigenvalue weighted by molar-refractivity contribution is -0.133. The Bertz CT molecular complexity index is 1430. The van der Waals surface area contributed by atoms with Gasteiger partial charge in [-0.15, -0.1) is 5.10 Å². The molecule has 2 aromatic heterocycles. The number of nitrogens with zero attached hydrogens (tertiary/aromatic N) is 8. The number of carbonyl (C=O) groups is 1. The molecule has 3 aromatic rings. The Hall–Kier alpha value is -3.85. The molecule has 0 aliphatic carbocycles. The van der Waals surface area contributed by atoms with Crippen LogP contribution in [-0.4, -0.2) is 94.7 Å². The van der Waals surface area contributed by atoms with Crippen molar-refractivity contribution in [1.29, 1.82) is 5.26 Å². The van der Waals surface area contributed by atoms with E-state index in [4.69, 9.17) is 16.6 Å². The molecule has 2 saturated heterocycles. The monoisotopic (exact) mass is 546 g/mol. The van der Waals surface area contributed by atoms with Gasteiger partial charge in [-0.1, -0.05) is 23.7 Å². The van der Waals surface area contributed by atoms with E-state index in [0.717, 1.165) is 48.8 Å². The minimum atomic E-state index is -0.237. The minimum Gasteiger partial charge on any atom is -0.366 e. The second-order valence-electron chi connectivity index (χ2n) is 10.5. The highest BCUT2D eigenvalue weighted by Gasteiger charge is 2.45. The van der Waals surface area contributed by atoms with Gasteiger partial charge in [-0.3, -0.25) is 4.79 Å². The maximum Gasteiger partial charge on any atom is 0.247 e. The third-order valence-electron chi connectivity index (χ3n) is 7.76. The van der Waals surface area contributed by atoms with Gasteiger partial charge in [0.15, 0.2) is 5.65 Å². The van der Waals surface area contributed by atoms with Crippen LogP contribution in [0, 0.1) is 11.3 Å². The molecule has 12 heteroatoms. The quantitative estimate of drug-likeness (QED) is 0.459. The van der Waals surface area contributed by atoms with Gasteiger partial charge in [-0.2, -0.15) is 10.2 Å². The van der Waals surface area contributed by atoms with E-state index < -0.39 is 0 Å². The lowest BCUT2D eigenvalue weighted by Crippen LogP contribution is -2.59. The number of hydrazine groups is 1. The predicted molar refractivity (Wildman–Crippen MR) is 149 cm³/mol. The van der Waals surface area contributed by atoms with Crippen molar-refractivity contribution >= 4 is 34.8 Å². The van der Waals surface area contributed by atoms with E-state index in [-0.39, 0.29) is 17.9 Å². The van der Waals surface area contributed by atoms with E-state index >= 15 is 0 Å². The number of hydrogen-bond acceptors (Lipinski definition) is 9. The molecule has 1 amide bonds. The highest BCUT2D eigenvalue weighted by molar-refractivity contribution is 6.30. The smallest absolute Gasteiger partial charge is 0.247 e. The van der Waals surface area contributed by atoms with Gasteiger partial charge in [-0.05, 0) is 36.9 Å². The second kappa shape index (κ2) is 10.4. The van der Waals surface area contributed by atoms with Crippen LogP contribution in [0.5, 0.6) is 0 Å². The van der Waals surface area contributed by atoms with E-state index in [0.29, 0.717) is 37.0 Å². The van der Waals surface area contributed by atoms with Gasteiger partial charge in [0, 0.05) is 68.5 Å². The number of hydrogen-bond donors (Lipinski definition) is 2. The number of rotatable bonds is 7. The van der Waals surface area contributed by atoms with Crippen molar-refractivity contribution in [3.8, 4) is 6.07 Å². The Kier molecular flexibility index (Phi) is 6.76. The average Bonchev–Trinajstić information content (AvgIpc) is 3.53. The lowest BCUT2D eigenvalue weighted by Gasteiger charge is -2.50.